The third-order valence-electron chi connectivity index (χ3n) is 7.14. The first-order chi connectivity index (χ1) is 15.9. The molecule has 1 heterocycles. The second-order valence-corrected chi connectivity index (χ2v) is 9.78. The summed E-state index contributed by atoms with van der Waals surface area (Å²) in [6.45, 7) is 17.2. The van der Waals surface area contributed by atoms with Crippen LogP contribution in [0, 0.1) is 13.8 Å². The van der Waals surface area contributed by atoms with Crippen molar-refractivity contribution in [3.05, 3.63) is 47.5 Å². The predicted octanol–water partition coefficient (Wildman–Crippen LogP) is 4.31. The van der Waals surface area contributed by atoms with E-state index in [4.69, 9.17) is 11.5 Å². The molecule has 0 unspecified atom stereocenters. The average Bonchev–Trinajstić information content (AvgIpc) is 2.80. The molecule has 0 atom stereocenters. The van der Waals surface area contributed by atoms with Crippen molar-refractivity contribution in [1.82, 2.24) is 4.90 Å². The lowest BCUT2D eigenvalue weighted by Gasteiger charge is -2.45. The van der Waals surface area contributed by atoms with Crippen LogP contribution in [0.15, 0.2) is 36.4 Å². The smallest absolute Gasteiger partial charge is 0.0916 e. The molecule has 1 aliphatic heterocycles. The fraction of sp³-hybridized carbons (Fsp3) is 0.556. The molecule has 1 aliphatic rings. The van der Waals surface area contributed by atoms with Crippen molar-refractivity contribution in [1.29, 1.82) is 0 Å². The van der Waals surface area contributed by atoms with Gasteiger partial charge >= 0.3 is 0 Å². The number of hydrogen-bond acceptors (Lipinski definition) is 5. The summed E-state index contributed by atoms with van der Waals surface area (Å²) in [7, 11) is 0. The van der Waals surface area contributed by atoms with E-state index in [9.17, 15) is 0 Å². The van der Waals surface area contributed by atoms with Crippen LogP contribution in [0.2, 0.25) is 0 Å². The van der Waals surface area contributed by atoms with Gasteiger partial charge in [-0.15, -0.1) is 0 Å². The van der Waals surface area contributed by atoms with Crippen LogP contribution in [-0.2, 0) is 0 Å². The summed E-state index contributed by atoms with van der Waals surface area (Å²) >= 11 is 0. The van der Waals surface area contributed by atoms with Crippen molar-refractivity contribution >= 4 is 22.7 Å². The highest BCUT2D eigenvalue weighted by Crippen LogP contribution is 2.19. The molecular formula is C27H45N6+. The molecule has 1 fully saturated rings. The molecule has 6 nitrogen and oxygen atoms in total. The second kappa shape index (κ2) is 12.1. The van der Waals surface area contributed by atoms with Crippen LogP contribution in [0.1, 0.15) is 37.3 Å². The summed E-state index contributed by atoms with van der Waals surface area (Å²) < 4.78 is 1.28. The number of piperazine rings is 1. The number of nitrogens with zero attached hydrogens (tertiary/aromatic N) is 2. The highest BCUT2D eigenvalue weighted by Gasteiger charge is 2.31. The molecule has 33 heavy (non-hydrogen) atoms. The topological polar surface area (TPSA) is 79.3 Å². The normalized spacial score (nSPS) is 16.0. The lowest BCUT2D eigenvalue weighted by atomic mass is 10.1. The lowest BCUT2D eigenvalue weighted by molar-refractivity contribution is -0.932. The first-order valence-electron chi connectivity index (χ1n) is 12.7. The largest absolute Gasteiger partial charge is 0.399 e. The van der Waals surface area contributed by atoms with Gasteiger partial charge in [0.1, 0.15) is 0 Å². The molecule has 2 aromatic rings. The predicted molar refractivity (Wildman–Crippen MR) is 144 cm³/mol. The lowest BCUT2D eigenvalue weighted by Crippen LogP contribution is -2.60. The maximum atomic E-state index is 5.94. The van der Waals surface area contributed by atoms with Crippen LogP contribution in [0.5, 0.6) is 0 Å². The number of nitrogens with one attached hydrogen (secondary N) is 2. The van der Waals surface area contributed by atoms with E-state index >= 15 is 0 Å². The Morgan fingerprint density at radius 2 is 1.36 bits per heavy atom. The Balaban J connectivity index is 1.36. The second-order valence-electron chi connectivity index (χ2n) is 9.78. The average molecular weight is 454 g/mol. The molecule has 0 saturated carbocycles. The summed E-state index contributed by atoms with van der Waals surface area (Å²) in [4.78, 5) is 2.65. The third-order valence-corrected chi connectivity index (χ3v) is 7.14. The summed E-state index contributed by atoms with van der Waals surface area (Å²) in [6, 6.07) is 12.4. The Morgan fingerprint density at radius 1 is 0.818 bits per heavy atom. The molecule has 0 spiro atoms. The highest BCUT2D eigenvalue weighted by molar-refractivity contribution is 5.57. The van der Waals surface area contributed by atoms with Gasteiger partial charge in [0.2, 0.25) is 0 Å². The van der Waals surface area contributed by atoms with Gasteiger partial charge in [-0.25, -0.2) is 0 Å². The van der Waals surface area contributed by atoms with Crippen LogP contribution in [0.3, 0.4) is 0 Å². The molecule has 0 aromatic heterocycles. The first kappa shape index (κ1) is 25.2. The molecule has 2 aromatic carbocycles. The van der Waals surface area contributed by atoms with Gasteiger partial charge in [0, 0.05) is 61.9 Å². The zero-order chi connectivity index (χ0) is 23.7. The Hall–Kier alpha value is -2.44. The van der Waals surface area contributed by atoms with E-state index in [1.807, 2.05) is 12.1 Å². The first-order valence-corrected chi connectivity index (χ1v) is 12.7. The quantitative estimate of drug-likeness (QED) is 0.219. The fourth-order valence-corrected chi connectivity index (χ4v) is 4.94. The number of hydrogen-bond donors (Lipinski definition) is 4. The zero-order valence-electron chi connectivity index (χ0n) is 21.0. The summed E-state index contributed by atoms with van der Waals surface area (Å²) in [6.07, 6.45) is 3.63. The molecule has 0 bridgehead atoms. The molecular weight excluding hydrogens is 408 g/mol. The van der Waals surface area contributed by atoms with Gasteiger partial charge in [-0.3, -0.25) is 4.90 Å². The monoisotopic (exact) mass is 453 g/mol. The van der Waals surface area contributed by atoms with E-state index in [1.165, 1.54) is 80.9 Å². The minimum absolute atomic E-state index is 0.860. The van der Waals surface area contributed by atoms with Crippen molar-refractivity contribution in [2.24, 2.45) is 0 Å². The van der Waals surface area contributed by atoms with Gasteiger partial charge in [-0.2, -0.15) is 0 Å². The number of nitrogen functional groups attached to an aromatic ring is 2. The Morgan fingerprint density at radius 3 is 1.88 bits per heavy atom. The SMILES string of the molecule is CCC[N+]1(CCCNc2ccc(N)c(C)c2)CCN(CCCNc2ccc(N)c(C)c2)CC1. The van der Waals surface area contributed by atoms with Gasteiger partial charge in [0.05, 0.1) is 26.2 Å². The highest BCUT2D eigenvalue weighted by atomic mass is 15.4. The van der Waals surface area contributed by atoms with E-state index in [0.717, 1.165) is 35.6 Å². The number of benzene rings is 2. The van der Waals surface area contributed by atoms with Crippen molar-refractivity contribution in [2.45, 2.75) is 40.0 Å². The number of aryl methyl sites for hydroxylation is 2. The van der Waals surface area contributed by atoms with Gasteiger partial charge in [-0.1, -0.05) is 6.92 Å². The van der Waals surface area contributed by atoms with Crippen molar-refractivity contribution in [2.75, 3.05) is 81.0 Å². The molecule has 6 N–H and O–H groups in total. The summed E-state index contributed by atoms with van der Waals surface area (Å²) in [5.41, 5.74) is 18.2. The maximum Gasteiger partial charge on any atom is 0.0916 e. The van der Waals surface area contributed by atoms with Gasteiger partial charge in [0.15, 0.2) is 0 Å². The van der Waals surface area contributed by atoms with Crippen LogP contribution in [0.25, 0.3) is 0 Å². The molecule has 0 radical (unpaired) electrons. The third kappa shape index (κ3) is 7.54. The molecule has 1 saturated heterocycles. The van der Waals surface area contributed by atoms with Crippen LogP contribution < -0.4 is 22.1 Å². The fourth-order valence-electron chi connectivity index (χ4n) is 4.94. The van der Waals surface area contributed by atoms with Crippen molar-refractivity contribution in [3.63, 3.8) is 0 Å². The number of anilines is 4. The number of quaternary nitrogens is 1. The summed E-state index contributed by atoms with van der Waals surface area (Å²) in [5, 5.41) is 7.13. The number of nitrogens with two attached hydrogens (primary N) is 2. The van der Waals surface area contributed by atoms with E-state index in [0.29, 0.717) is 0 Å². The van der Waals surface area contributed by atoms with Crippen LogP contribution in [0.4, 0.5) is 22.7 Å². The Kier molecular flexibility index (Phi) is 9.27. The molecule has 6 heteroatoms. The summed E-state index contributed by atoms with van der Waals surface area (Å²) in [5.74, 6) is 0. The van der Waals surface area contributed by atoms with Crippen molar-refractivity contribution < 1.29 is 4.48 Å². The van der Waals surface area contributed by atoms with E-state index in [-0.39, 0.29) is 0 Å². The Labute approximate surface area is 200 Å². The van der Waals surface area contributed by atoms with E-state index < -0.39 is 0 Å². The molecule has 0 aliphatic carbocycles. The van der Waals surface area contributed by atoms with E-state index in [1.54, 1.807) is 0 Å². The van der Waals surface area contributed by atoms with Gasteiger partial charge in [0.25, 0.3) is 0 Å². The number of rotatable bonds is 12. The Bertz CT molecular complexity index is 873. The maximum absolute atomic E-state index is 5.94. The minimum atomic E-state index is 0.860. The van der Waals surface area contributed by atoms with Crippen molar-refractivity contribution in [3.8, 4) is 0 Å². The van der Waals surface area contributed by atoms with Crippen LogP contribution >= 0.6 is 0 Å². The minimum Gasteiger partial charge on any atom is -0.399 e. The van der Waals surface area contributed by atoms with E-state index in [2.05, 4.69) is 60.6 Å². The van der Waals surface area contributed by atoms with Gasteiger partial charge < -0.3 is 26.6 Å². The van der Waals surface area contributed by atoms with Crippen LogP contribution in [-0.4, -0.2) is 68.3 Å². The standard InChI is InChI=1S/C27H45N6/c1-4-16-33(17-6-12-31-25-8-10-27(29)23(3)21-25)18-14-32(15-19-33)13-5-11-30-24-7-9-26(28)22(2)20-24/h7-10,20-21,30-31H,4-6,11-19,28-29H2,1-3H3/q+1. The zero-order valence-corrected chi connectivity index (χ0v) is 21.0. The van der Waals surface area contributed by atoms with Gasteiger partial charge in [-0.05, 0) is 74.2 Å². The molecule has 3 rings (SSSR count). The molecule has 182 valence electrons. The molecule has 0 amide bonds.